The molecule has 1 aliphatic carbocycles. The van der Waals surface area contributed by atoms with E-state index in [0.717, 1.165) is 30.4 Å². The molecule has 30 heavy (non-hydrogen) atoms. The van der Waals surface area contributed by atoms with Gasteiger partial charge in [-0.15, -0.1) is 0 Å². The lowest BCUT2D eigenvalue weighted by molar-refractivity contribution is 0.0592. The summed E-state index contributed by atoms with van der Waals surface area (Å²) in [5.74, 6) is -0.0591. The van der Waals surface area contributed by atoms with Crippen molar-refractivity contribution in [3.05, 3.63) is 70.8 Å². The number of hydrogen-bond acceptors (Lipinski definition) is 2. The fourth-order valence-corrected chi connectivity index (χ4v) is 5.11. The van der Waals surface area contributed by atoms with E-state index >= 15 is 0 Å². The zero-order valence-electron chi connectivity index (χ0n) is 18.8. The number of carbonyl (C=O) groups is 2. The fraction of sp³-hybridized carbons (Fsp3) is 0.462. The molecule has 4 heteroatoms. The molecule has 0 spiro atoms. The van der Waals surface area contributed by atoms with Crippen LogP contribution in [-0.2, 0) is 0 Å². The van der Waals surface area contributed by atoms with Gasteiger partial charge in [-0.1, -0.05) is 56.2 Å². The van der Waals surface area contributed by atoms with Crippen LogP contribution in [0.5, 0.6) is 0 Å². The molecule has 0 aliphatic heterocycles. The molecule has 0 bridgehead atoms. The summed E-state index contributed by atoms with van der Waals surface area (Å²) in [6.45, 7) is 11.3. The Balaban J connectivity index is 1.67. The molecule has 2 atom stereocenters. The first-order chi connectivity index (χ1) is 14.1. The third kappa shape index (κ3) is 5.71. The van der Waals surface area contributed by atoms with Gasteiger partial charge in [0, 0.05) is 23.7 Å². The Morgan fingerprint density at radius 1 is 0.900 bits per heavy atom. The zero-order valence-corrected chi connectivity index (χ0v) is 18.8. The highest BCUT2D eigenvalue weighted by Crippen LogP contribution is 2.45. The van der Waals surface area contributed by atoms with Crippen molar-refractivity contribution in [2.24, 2.45) is 10.8 Å². The minimum absolute atomic E-state index is 0.0208. The Labute approximate surface area is 180 Å². The number of amides is 2. The standard InChI is InChI=1S/C26H34N2O2/c1-18-8-6-10-20(12-18)23(29)27-17-26(5)15-22(14-25(3,4)16-26)28-24(30)21-11-7-9-19(2)13-21/h6-13,22H,14-17H2,1-5H3,(H,27,29)(H,28,30)/t22-,26+/m0/s1. The largest absolute Gasteiger partial charge is 0.351 e. The molecule has 1 aliphatic rings. The summed E-state index contributed by atoms with van der Waals surface area (Å²) >= 11 is 0. The Morgan fingerprint density at radius 2 is 1.47 bits per heavy atom. The van der Waals surface area contributed by atoms with Crippen LogP contribution in [0.15, 0.2) is 48.5 Å². The van der Waals surface area contributed by atoms with Crippen molar-refractivity contribution in [1.29, 1.82) is 0 Å². The molecule has 1 saturated carbocycles. The molecule has 2 N–H and O–H groups in total. The molecular formula is C26H34N2O2. The quantitative estimate of drug-likeness (QED) is 0.730. The number of carbonyl (C=O) groups excluding carboxylic acids is 2. The van der Waals surface area contributed by atoms with Crippen LogP contribution in [0, 0.1) is 24.7 Å². The molecule has 3 rings (SSSR count). The molecule has 160 valence electrons. The minimum Gasteiger partial charge on any atom is -0.351 e. The fourth-order valence-electron chi connectivity index (χ4n) is 5.11. The summed E-state index contributed by atoms with van der Waals surface area (Å²) in [6, 6.07) is 15.4. The molecule has 2 amide bonds. The van der Waals surface area contributed by atoms with E-state index in [9.17, 15) is 9.59 Å². The number of benzene rings is 2. The maximum absolute atomic E-state index is 12.8. The van der Waals surface area contributed by atoms with Gasteiger partial charge in [-0.3, -0.25) is 9.59 Å². The topological polar surface area (TPSA) is 58.2 Å². The monoisotopic (exact) mass is 406 g/mol. The van der Waals surface area contributed by atoms with Gasteiger partial charge in [0.15, 0.2) is 0 Å². The second kappa shape index (κ2) is 8.63. The number of hydrogen-bond donors (Lipinski definition) is 2. The van der Waals surface area contributed by atoms with E-state index < -0.39 is 0 Å². The van der Waals surface area contributed by atoms with Crippen LogP contribution in [0.4, 0.5) is 0 Å². The van der Waals surface area contributed by atoms with Gasteiger partial charge in [0.25, 0.3) is 11.8 Å². The van der Waals surface area contributed by atoms with E-state index in [-0.39, 0.29) is 28.7 Å². The highest BCUT2D eigenvalue weighted by Gasteiger charge is 2.42. The van der Waals surface area contributed by atoms with E-state index in [1.807, 2.05) is 62.4 Å². The molecule has 4 nitrogen and oxygen atoms in total. The van der Waals surface area contributed by atoms with Crippen molar-refractivity contribution in [3.63, 3.8) is 0 Å². The summed E-state index contributed by atoms with van der Waals surface area (Å²) in [7, 11) is 0. The van der Waals surface area contributed by atoms with Crippen molar-refractivity contribution in [1.82, 2.24) is 10.6 Å². The van der Waals surface area contributed by atoms with Crippen molar-refractivity contribution in [2.75, 3.05) is 6.54 Å². The second-order valence-corrected chi connectivity index (χ2v) is 10.2. The van der Waals surface area contributed by atoms with Gasteiger partial charge in [0.05, 0.1) is 0 Å². The average molecular weight is 407 g/mol. The third-order valence-electron chi connectivity index (χ3n) is 6.01. The van der Waals surface area contributed by atoms with Crippen LogP contribution in [0.3, 0.4) is 0 Å². The van der Waals surface area contributed by atoms with Gasteiger partial charge in [-0.2, -0.15) is 0 Å². The van der Waals surface area contributed by atoms with E-state index in [4.69, 9.17) is 0 Å². The summed E-state index contributed by atoms with van der Waals surface area (Å²) in [6.07, 6.45) is 2.79. The first-order valence-corrected chi connectivity index (χ1v) is 10.8. The van der Waals surface area contributed by atoms with Crippen LogP contribution >= 0.6 is 0 Å². The predicted molar refractivity (Wildman–Crippen MR) is 122 cm³/mol. The highest BCUT2D eigenvalue weighted by molar-refractivity contribution is 5.95. The highest BCUT2D eigenvalue weighted by atomic mass is 16.2. The number of nitrogens with one attached hydrogen (secondary N) is 2. The van der Waals surface area contributed by atoms with Crippen LogP contribution in [0.1, 0.15) is 71.9 Å². The predicted octanol–water partition coefficient (Wildman–Crippen LogP) is 5.05. The molecule has 0 saturated heterocycles. The lowest BCUT2D eigenvalue weighted by Crippen LogP contribution is -2.50. The number of aryl methyl sites for hydroxylation is 2. The smallest absolute Gasteiger partial charge is 0.251 e. The lowest BCUT2D eigenvalue weighted by atomic mass is 9.62. The van der Waals surface area contributed by atoms with Gasteiger partial charge >= 0.3 is 0 Å². The first kappa shape index (κ1) is 22.1. The van der Waals surface area contributed by atoms with E-state index in [0.29, 0.717) is 17.7 Å². The maximum atomic E-state index is 12.8. The van der Waals surface area contributed by atoms with Crippen molar-refractivity contribution in [3.8, 4) is 0 Å². The molecule has 0 radical (unpaired) electrons. The first-order valence-electron chi connectivity index (χ1n) is 10.8. The van der Waals surface area contributed by atoms with Crippen LogP contribution in [0.2, 0.25) is 0 Å². The van der Waals surface area contributed by atoms with Gasteiger partial charge in [-0.25, -0.2) is 0 Å². The van der Waals surface area contributed by atoms with Crippen molar-refractivity contribution in [2.45, 2.75) is 59.9 Å². The molecule has 2 aromatic carbocycles. The van der Waals surface area contributed by atoms with Crippen LogP contribution in [-0.4, -0.2) is 24.4 Å². The normalized spacial score (nSPS) is 22.9. The Hall–Kier alpha value is -2.62. The molecule has 0 aromatic heterocycles. The van der Waals surface area contributed by atoms with Gasteiger partial charge in [-0.05, 0) is 68.2 Å². The molecule has 2 aromatic rings. The second-order valence-electron chi connectivity index (χ2n) is 10.2. The third-order valence-corrected chi connectivity index (χ3v) is 6.01. The lowest BCUT2D eigenvalue weighted by Gasteiger charge is -2.47. The zero-order chi connectivity index (χ0) is 21.9. The van der Waals surface area contributed by atoms with Gasteiger partial charge < -0.3 is 10.6 Å². The summed E-state index contributed by atoms with van der Waals surface area (Å²) in [5, 5.41) is 6.38. The van der Waals surface area contributed by atoms with Gasteiger partial charge in [0.1, 0.15) is 0 Å². The average Bonchev–Trinajstić information content (AvgIpc) is 2.64. The van der Waals surface area contributed by atoms with Gasteiger partial charge in [0.2, 0.25) is 0 Å². The van der Waals surface area contributed by atoms with Crippen molar-refractivity contribution >= 4 is 11.8 Å². The van der Waals surface area contributed by atoms with Crippen molar-refractivity contribution < 1.29 is 9.59 Å². The maximum Gasteiger partial charge on any atom is 0.251 e. The Kier molecular flexibility index (Phi) is 6.35. The van der Waals surface area contributed by atoms with Crippen LogP contribution in [0.25, 0.3) is 0 Å². The summed E-state index contributed by atoms with van der Waals surface area (Å²) in [5.41, 5.74) is 3.56. The molecule has 0 unspecified atom stereocenters. The van der Waals surface area contributed by atoms with Crippen LogP contribution < -0.4 is 10.6 Å². The Morgan fingerprint density at radius 3 is 2.03 bits per heavy atom. The van der Waals surface area contributed by atoms with E-state index in [1.165, 1.54) is 0 Å². The van der Waals surface area contributed by atoms with E-state index in [2.05, 4.69) is 31.4 Å². The minimum atomic E-state index is -0.0776. The molecular weight excluding hydrogens is 372 g/mol. The molecule has 1 fully saturated rings. The summed E-state index contributed by atoms with van der Waals surface area (Å²) < 4.78 is 0. The summed E-state index contributed by atoms with van der Waals surface area (Å²) in [4.78, 5) is 25.4. The Bertz CT molecular complexity index is 934. The molecule has 0 heterocycles. The number of rotatable bonds is 5. The SMILES string of the molecule is Cc1cccc(C(=O)NC[C@]2(C)C[C@@H](NC(=O)c3cccc(C)c3)CC(C)(C)C2)c1. The van der Waals surface area contributed by atoms with E-state index in [1.54, 1.807) is 0 Å².